The highest BCUT2D eigenvalue weighted by molar-refractivity contribution is 5.15. The first-order chi connectivity index (χ1) is 14.3. The van der Waals surface area contributed by atoms with E-state index in [1.54, 1.807) is 0 Å². The molecule has 6 aliphatic rings. The first-order valence-corrected chi connectivity index (χ1v) is 13.3. The standard InChI is InChI=1S/C27H44O3/c1-16-7-12-27(29-15-16)17(2)24-23(30-27)14-22-20-6-5-18-13-19(28)8-10-25(18,3)21(20)9-11-26(22,24)4/h16-24,28H,5-15H2,1-4H3/t16-,17-,18+,19-,20+,21-,22-,23+,24-,25-,26-,27+/m0/s1. The summed E-state index contributed by atoms with van der Waals surface area (Å²) in [5.41, 5.74) is 0.899. The lowest BCUT2D eigenvalue weighted by Gasteiger charge is -2.61. The molecule has 170 valence electrons. The van der Waals surface area contributed by atoms with Gasteiger partial charge in [-0.3, -0.25) is 0 Å². The molecule has 4 saturated carbocycles. The molecular formula is C27H44O3. The van der Waals surface area contributed by atoms with Crippen LogP contribution >= 0.6 is 0 Å². The number of hydrogen-bond donors (Lipinski definition) is 1. The van der Waals surface area contributed by atoms with E-state index in [2.05, 4.69) is 27.7 Å². The van der Waals surface area contributed by atoms with Gasteiger partial charge in [-0.15, -0.1) is 0 Å². The van der Waals surface area contributed by atoms with Crippen molar-refractivity contribution in [1.29, 1.82) is 0 Å². The van der Waals surface area contributed by atoms with E-state index in [4.69, 9.17) is 9.47 Å². The molecule has 1 spiro atoms. The zero-order valence-electron chi connectivity index (χ0n) is 19.7. The summed E-state index contributed by atoms with van der Waals surface area (Å²) in [6.07, 6.45) is 12.9. The fourth-order valence-corrected chi connectivity index (χ4v) is 10.3. The van der Waals surface area contributed by atoms with Crippen LogP contribution in [0.3, 0.4) is 0 Å². The highest BCUT2D eigenvalue weighted by Crippen LogP contribution is 2.71. The lowest BCUT2D eigenvalue weighted by molar-refractivity contribution is -0.273. The molecule has 6 fully saturated rings. The largest absolute Gasteiger partial charge is 0.393 e. The summed E-state index contributed by atoms with van der Waals surface area (Å²) in [4.78, 5) is 0. The SMILES string of the molecule is C[C@H]1CC[C@@]2(OC1)O[C@@H]1C[C@H]3[C@@H]4CC[C@@H]5C[C@@H](O)CC[C@]5(C)[C@H]4CC[C@]3(C)[C@H]1[C@@H]2C. The number of ether oxygens (including phenoxy) is 2. The van der Waals surface area contributed by atoms with Crippen molar-refractivity contribution < 1.29 is 14.6 Å². The Morgan fingerprint density at radius 2 is 1.63 bits per heavy atom. The maximum atomic E-state index is 10.3. The van der Waals surface area contributed by atoms with Crippen molar-refractivity contribution >= 4 is 0 Å². The molecule has 12 atom stereocenters. The lowest BCUT2D eigenvalue weighted by Crippen LogP contribution is -2.55. The molecule has 30 heavy (non-hydrogen) atoms. The second kappa shape index (κ2) is 6.70. The molecule has 1 N–H and O–H groups in total. The van der Waals surface area contributed by atoms with Crippen LogP contribution in [0.5, 0.6) is 0 Å². The molecule has 0 bridgehead atoms. The molecule has 2 aliphatic heterocycles. The third-order valence-corrected chi connectivity index (χ3v) is 11.9. The third kappa shape index (κ3) is 2.61. The summed E-state index contributed by atoms with van der Waals surface area (Å²) < 4.78 is 13.4. The topological polar surface area (TPSA) is 38.7 Å². The first-order valence-electron chi connectivity index (χ1n) is 13.3. The monoisotopic (exact) mass is 416 g/mol. The summed E-state index contributed by atoms with van der Waals surface area (Å²) in [6, 6.07) is 0. The molecular weight excluding hydrogens is 372 g/mol. The van der Waals surface area contributed by atoms with Crippen molar-refractivity contribution in [3.05, 3.63) is 0 Å². The second-order valence-electron chi connectivity index (χ2n) is 13.1. The molecule has 6 rings (SSSR count). The quantitative estimate of drug-likeness (QED) is 0.543. The average molecular weight is 417 g/mol. The number of aliphatic hydroxyl groups is 1. The normalized spacial score (nSPS) is 62.5. The van der Waals surface area contributed by atoms with E-state index in [0.29, 0.717) is 34.7 Å². The molecule has 0 unspecified atom stereocenters. The van der Waals surface area contributed by atoms with Gasteiger partial charge in [-0.1, -0.05) is 27.7 Å². The highest BCUT2D eigenvalue weighted by Gasteiger charge is 2.69. The van der Waals surface area contributed by atoms with Gasteiger partial charge in [-0.2, -0.15) is 0 Å². The van der Waals surface area contributed by atoms with Crippen LogP contribution in [0, 0.1) is 52.3 Å². The van der Waals surface area contributed by atoms with Gasteiger partial charge in [0.05, 0.1) is 18.8 Å². The Morgan fingerprint density at radius 1 is 0.833 bits per heavy atom. The number of aliphatic hydroxyl groups excluding tert-OH is 1. The molecule has 0 amide bonds. The van der Waals surface area contributed by atoms with Gasteiger partial charge in [-0.05, 0) is 104 Å². The molecule has 2 saturated heterocycles. The van der Waals surface area contributed by atoms with Crippen LogP contribution in [0.1, 0.15) is 91.9 Å². The van der Waals surface area contributed by atoms with E-state index in [1.807, 2.05) is 0 Å². The minimum absolute atomic E-state index is 0.0389. The minimum atomic E-state index is -0.282. The Morgan fingerprint density at radius 3 is 2.40 bits per heavy atom. The number of hydrogen-bond acceptors (Lipinski definition) is 3. The zero-order chi connectivity index (χ0) is 20.9. The Balaban J connectivity index is 1.26. The van der Waals surface area contributed by atoms with Crippen molar-refractivity contribution in [2.45, 2.75) is 110 Å². The Bertz CT molecular complexity index is 684. The van der Waals surface area contributed by atoms with Gasteiger partial charge in [0.15, 0.2) is 5.79 Å². The molecule has 0 aromatic heterocycles. The predicted molar refractivity (Wildman–Crippen MR) is 118 cm³/mol. The van der Waals surface area contributed by atoms with Crippen molar-refractivity contribution in [2.24, 2.45) is 52.3 Å². The smallest absolute Gasteiger partial charge is 0.171 e. The first kappa shape index (κ1) is 20.5. The molecule has 0 aromatic rings. The van der Waals surface area contributed by atoms with Crippen molar-refractivity contribution in [3.63, 3.8) is 0 Å². The fourth-order valence-electron chi connectivity index (χ4n) is 10.3. The van der Waals surface area contributed by atoms with E-state index in [9.17, 15) is 5.11 Å². The van der Waals surface area contributed by atoms with Gasteiger partial charge in [0.2, 0.25) is 0 Å². The number of fused-ring (bicyclic) bond motifs is 7. The molecule has 4 aliphatic carbocycles. The van der Waals surface area contributed by atoms with Gasteiger partial charge in [-0.25, -0.2) is 0 Å². The third-order valence-electron chi connectivity index (χ3n) is 11.9. The van der Waals surface area contributed by atoms with E-state index < -0.39 is 0 Å². The summed E-state index contributed by atoms with van der Waals surface area (Å²) in [5.74, 6) is 4.93. The summed E-state index contributed by atoms with van der Waals surface area (Å²) in [6.45, 7) is 10.9. The van der Waals surface area contributed by atoms with Gasteiger partial charge in [0.25, 0.3) is 0 Å². The minimum Gasteiger partial charge on any atom is -0.393 e. The summed E-state index contributed by atoms with van der Waals surface area (Å²) in [5, 5.41) is 10.3. The van der Waals surface area contributed by atoms with Gasteiger partial charge >= 0.3 is 0 Å². The van der Waals surface area contributed by atoms with Crippen molar-refractivity contribution in [3.8, 4) is 0 Å². The van der Waals surface area contributed by atoms with Crippen LogP contribution in [-0.2, 0) is 9.47 Å². The second-order valence-corrected chi connectivity index (χ2v) is 13.1. The molecule has 2 heterocycles. The van der Waals surface area contributed by atoms with Crippen LogP contribution in [0.4, 0.5) is 0 Å². The van der Waals surface area contributed by atoms with Gasteiger partial charge in [0, 0.05) is 12.3 Å². The van der Waals surface area contributed by atoms with E-state index in [0.717, 1.165) is 49.5 Å². The Labute approximate surface area is 183 Å². The average Bonchev–Trinajstić information content (AvgIpc) is 3.16. The van der Waals surface area contributed by atoms with Crippen LogP contribution in [0.2, 0.25) is 0 Å². The zero-order valence-corrected chi connectivity index (χ0v) is 19.7. The van der Waals surface area contributed by atoms with E-state index >= 15 is 0 Å². The summed E-state index contributed by atoms with van der Waals surface area (Å²) in [7, 11) is 0. The lowest BCUT2D eigenvalue weighted by atomic mass is 9.44. The Kier molecular flexibility index (Phi) is 4.58. The van der Waals surface area contributed by atoms with Crippen molar-refractivity contribution in [2.75, 3.05) is 6.61 Å². The summed E-state index contributed by atoms with van der Waals surface area (Å²) >= 11 is 0. The van der Waals surface area contributed by atoms with Crippen LogP contribution in [0.25, 0.3) is 0 Å². The van der Waals surface area contributed by atoms with Crippen LogP contribution < -0.4 is 0 Å². The molecule has 0 aromatic carbocycles. The van der Waals surface area contributed by atoms with E-state index in [-0.39, 0.29) is 11.9 Å². The maximum Gasteiger partial charge on any atom is 0.171 e. The highest BCUT2D eigenvalue weighted by atomic mass is 16.7. The molecule has 3 heteroatoms. The van der Waals surface area contributed by atoms with Crippen LogP contribution in [-0.4, -0.2) is 29.7 Å². The fraction of sp³-hybridized carbons (Fsp3) is 1.00. The number of rotatable bonds is 0. The molecule has 0 radical (unpaired) electrons. The maximum absolute atomic E-state index is 10.3. The van der Waals surface area contributed by atoms with E-state index in [1.165, 1.54) is 44.9 Å². The Hall–Kier alpha value is -0.120. The van der Waals surface area contributed by atoms with Crippen molar-refractivity contribution in [1.82, 2.24) is 0 Å². The van der Waals surface area contributed by atoms with Gasteiger partial charge < -0.3 is 14.6 Å². The van der Waals surface area contributed by atoms with Gasteiger partial charge in [0.1, 0.15) is 0 Å². The van der Waals surface area contributed by atoms with Crippen LogP contribution in [0.15, 0.2) is 0 Å². The molecule has 3 nitrogen and oxygen atoms in total. The predicted octanol–water partition coefficient (Wildman–Crippen LogP) is 5.79.